The molecule has 0 radical (unpaired) electrons. The monoisotopic (exact) mass is 264 g/mol. The molecule has 100 valence electrons. The number of fused-ring (bicyclic) bond motifs is 1. The number of carbonyl (C=O) groups excluding carboxylic acids is 2. The van der Waals surface area contributed by atoms with Crippen molar-refractivity contribution in [2.24, 2.45) is 0 Å². The van der Waals surface area contributed by atoms with E-state index in [0.29, 0.717) is 5.52 Å². The highest BCUT2D eigenvalue weighted by Gasteiger charge is 2.26. The van der Waals surface area contributed by atoms with Crippen molar-refractivity contribution in [2.75, 3.05) is 20.3 Å². The van der Waals surface area contributed by atoms with E-state index >= 15 is 0 Å². The zero-order chi connectivity index (χ0) is 13.8. The molecule has 0 spiro atoms. The minimum absolute atomic E-state index is 0.0473. The largest absolute Gasteiger partial charge is 0.465 e. The molecule has 7 heteroatoms. The second kappa shape index (κ2) is 5.49. The molecular formula is C12H12N2O5. The number of hydrogen-bond acceptors (Lipinski definition) is 6. The number of aromatic nitrogens is 2. The van der Waals surface area contributed by atoms with E-state index < -0.39 is 11.9 Å². The molecule has 0 aliphatic heterocycles. The molecule has 0 aromatic carbocycles. The number of nitrogens with zero attached hydrogens (tertiary/aromatic N) is 2. The fraction of sp³-hybridized carbons (Fsp3) is 0.250. The van der Waals surface area contributed by atoms with Gasteiger partial charge < -0.3 is 14.6 Å². The van der Waals surface area contributed by atoms with Crippen LogP contribution in [0.2, 0.25) is 0 Å². The molecule has 19 heavy (non-hydrogen) atoms. The Morgan fingerprint density at radius 1 is 1.37 bits per heavy atom. The molecule has 0 fully saturated rings. The summed E-state index contributed by atoms with van der Waals surface area (Å²) in [5, 5.41) is 12.6. The number of pyridine rings is 1. The van der Waals surface area contributed by atoms with Crippen LogP contribution in [0.15, 0.2) is 24.4 Å². The second-order valence-corrected chi connectivity index (χ2v) is 3.61. The van der Waals surface area contributed by atoms with Crippen molar-refractivity contribution < 1.29 is 24.2 Å². The molecule has 0 saturated heterocycles. The summed E-state index contributed by atoms with van der Waals surface area (Å²) in [6.45, 7) is -0.458. The van der Waals surface area contributed by atoms with Gasteiger partial charge in [-0.05, 0) is 12.1 Å². The second-order valence-electron chi connectivity index (χ2n) is 3.61. The molecule has 0 bridgehead atoms. The molecular weight excluding hydrogens is 252 g/mol. The average molecular weight is 264 g/mol. The van der Waals surface area contributed by atoms with Gasteiger partial charge in [0.15, 0.2) is 5.69 Å². The summed E-state index contributed by atoms with van der Waals surface area (Å²) in [4.78, 5) is 23.6. The van der Waals surface area contributed by atoms with E-state index in [-0.39, 0.29) is 24.5 Å². The van der Waals surface area contributed by atoms with Gasteiger partial charge in [-0.2, -0.15) is 5.10 Å². The van der Waals surface area contributed by atoms with Crippen LogP contribution in [-0.2, 0) is 9.47 Å². The van der Waals surface area contributed by atoms with Crippen LogP contribution >= 0.6 is 0 Å². The van der Waals surface area contributed by atoms with Crippen LogP contribution in [-0.4, -0.2) is 47.0 Å². The first-order valence-corrected chi connectivity index (χ1v) is 5.52. The number of ether oxygens (including phenoxy) is 2. The van der Waals surface area contributed by atoms with E-state index in [9.17, 15) is 9.59 Å². The Balaban J connectivity index is 2.53. The Bertz CT molecular complexity index is 620. The predicted molar refractivity (Wildman–Crippen MR) is 63.9 cm³/mol. The summed E-state index contributed by atoms with van der Waals surface area (Å²) in [5.74, 6) is -1.45. The molecule has 0 aliphatic rings. The fourth-order valence-corrected chi connectivity index (χ4v) is 1.65. The standard InChI is InChI=1S/C12H12N2O5/c1-18-11(16)9-8-4-2-3-5-14(8)13-10(9)12(17)19-7-6-15/h2-5,15H,6-7H2,1H3. The lowest BCUT2D eigenvalue weighted by Gasteiger charge is -2.01. The third-order valence-electron chi connectivity index (χ3n) is 2.45. The van der Waals surface area contributed by atoms with Crippen molar-refractivity contribution >= 4 is 17.5 Å². The maximum atomic E-state index is 11.8. The van der Waals surface area contributed by atoms with E-state index in [1.807, 2.05) is 0 Å². The number of rotatable bonds is 4. The van der Waals surface area contributed by atoms with E-state index in [2.05, 4.69) is 9.84 Å². The zero-order valence-corrected chi connectivity index (χ0v) is 10.2. The molecule has 1 N–H and O–H groups in total. The van der Waals surface area contributed by atoms with E-state index in [1.54, 1.807) is 24.4 Å². The van der Waals surface area contributed by atoms with Crippen LogP contribution in [0.25, 0.3) is 5.52 Å². The van der Waals surface area contributed by atoms with Gasteiger partial charge in [-0.3, -0.25) is 0 Å². The number of methoxy groups -OCH3 is 1. The lowest BCUT2D eigenvalue weighted by atomic mass is 10.2. The summed E-state index contributed by atoms with van der Waals surface area (Å²) >= 11 is 0. The van der Waals surface area contributed by atoms with Gasteiger partial charge in [0.05, 0.1) is 19.2 Å². The number of aliphatic hydroxyl groups is 1. The number of carbonyl (C=O) groups is 2. The third kappa shape index (κ3) is 2.41. The average Bonchev–Trinajstić information content (AvgIpc) is 2.83. The Morgan fingerprint density at radius 3 is 2.84 bits per heavy atom. The van der Waals surface area contributed by atoms with Crippen molar-refractivity contribution in [3.05, 3.63) is 35.7 Å². The number of hydrogen-bond donors (Lipinski definition) is 1. The van der Waals surface area contributed by atoms with Crippen molar-refractivity contribution in [1.29, 1.82) is 0 Å². The first kappa shape index (κ1) is 13.0. The third-order valence-corrected chi connectivity index (χ3v) is 2.45. The summed E-state index contributed by atoms with van der Waals surface area (Å²) in [6, 6.07) is 5.07. The van der Waals surface area contributed by atoms with Crippen molar-refractivity contribution in [2.45, 2.75) is 0 Å². The van der Waals surface area contributed by atoms with Crippen LogP contribution in [0, 0.1) is 0 Å². The highest BCUT2D eigenvalue weighted by atomic mass is 16.5. The van der Waals surface area contributed by atoms with Gasteiger partial charge in [-0.15, -0.1) is 0 Å². The van der Waals surface area contributed by atoms with E-state index in [4.69, 9.17) is 9.84 Å². The molecule has 2 aromatic heterocycles. The summed E-state index contributed by atoms with van der Waals surface area (Å²) < 4.78 is 10.8. The highest BCUT2D eigenvalue weighted by molar-refractivity contribution is 6.07. The fourth-order valence-electron chi connectivity index (χ4n) is 1.65. The molecule has 0 atom stereocenters. The van der Waals surface area contributed by atoms with E-state index in [1.165, 1.54) is 11.6 Å². The van der Waals surface area contributed by atoms with Crippen LogP contribution in [0.1, 0.15) is 20.8 Å². The van der Waals surface area contributed by atoms with Gasteiger partial charge in [0.2, 0.25) is 0 Å². The van der Waals surface area contributed by atoms with Crippen LogP contribution in [0.5, 0.6) is 0 Å². The van der Waals surface area contributed by atoms with Gasteiger partial charge >= 0.3 is 11.9 Å². The lowest BCUT2D eigenvalue weighted by molar-refractivity contribution is 0.0416. The van der Waals surface area contributed by atoms with Gasteiger partial charge in [0.25, 0.3) is 0 Å². The zero-order valence-electron chi connectivity index (χ0n) is 10.2. The SMILES string of the molecule is COC(=O)c1c(C(=O)OCCO)nn2ccccc12. The summed E-state index contributed by atoms with van der Waals surface area (Å²) in [5.41, 5.74) is 0.364. The smallest absolute Gasteiger partial charge is 0.359 e. The Morgan fingerprint density at radius 2 is 2.16 bits per heavy atom. The molecule has 2 rings (SSSR count). The van der Waals surface area contributed by atoms with Gasteiger partial charge in [0, 0.05) is 6.20 Å². The molecule has 0 saturated carbocycles. The molecule has 0 amide bonds. The first-order chi connectivity index (χ1) is 9.19. The van der Waals surface area contributed by atoms with Crippen molar-refractivity contribution in [3.63, 3.8) is 0 Å². The first-order valence-electron chi connectivity index (χ1n) is 5.52. The maximum Gasteiger partial charge on any atom is 0.359 e. The Hall–Kier alpha value is -2.41. The minimum Gasteiger partial charge on any atom is -0.465 e. The minimum atomic E-state index is -0.779. The molecule has 0 aliphatic carbocycles. The Kier molecular flexibility index (Phi) is 3.76. The van der Waals surface area contributed by atoms with E-state index in [0.717, 1.165) is 0 Å². The lowest BCUT2D eigenvalue weighted by Crippen LogP contribution is -2.14. The maximum absolute atomic E-state index is 11.8. The highest BCUT2D eigenvalue weighted by Crippen LogP contribution is 2.17. The van der Waals surface area contributed by atoms with Crippen molar-refractivity contribution in [1.82, 2.24) is 9.61 Å². The molecule has 2 aromatic rings. The normalized spacial score (nSPS) is 10.4. The Labute approximate surface area is 108 Å². The quantitative estimate of drug-likeness (QED) is 0.797. The van der Waals surface area contributed by atoms with Gasteiger partial charge in [0.1, 0.15) is 12.2 Å². The van der Waals surface area contributed by atoms with Gasteiger partial charge in [-0.1, -0.05) is 6.07 Å². The van der Waals surface area contributed by atoms with Crippen molar-refractivity contribution in [3.8, 4) is 0 Å². The molecule has 0 unspecified atom stereocenters. The summed E-state index contributed by atoms with van der Waals surface area (Å²) in [7, 11) is 1.22. The predicted octanol–water partition coefficient (Wildman–Crippen LogP) is 0.270. The van der Waals surface area contributed by atoms with Crippen LogP contribution < -0.4 is 0 Å². The summed E-state index contributed by atoms with van der Waals surface area (Å²) in [6.07, 6.45) is 1.60. The van der Waals surface area contributed by atoms with Crippen LogP contribution in [0.3, 0.4) is 0 Å². The molecule has 2 heterocycles. The van der Waals surface area contributed by atoms with Gasteiger partial charge in [-0.25, -0.2) is 14.1 Å². The topological polar surface area (TPSA) is 90.1 Å². The van der Waals surface area contributed by atoms with Crippen LogP contribution in [0.4, 0.5) is 0 Å². The number of aliphatic hydroxyl groups excluding tert-OH is 1. The molecule has 7 nitrogen and oxygen atoms in total. The number of esters is 2.